The van der Waals surface area contributed by atoms with Gasteiger partial charge < -0.3 is 15.4 Å². The van der Waals surface area contributed by atoms with Crippen molar-refractivity contribution in [2.24, 2.45) is 5.73 Å². The molecule has 2 rings (SSSR count). The van der Waals surface area contributed by atoms with Crippen LogP contribution in [-0.2, 0) is 6.54 Å². The third-order valence-electron chi connectivity index (χ3n) is 3.99. The van der Waals surface area contributed by atoms with Gasteiger partial charge in [-0.1, -0.05) is 18.3 Å². The van der Waals surface area contributed by atoms with Gasteiger partial charge in [-0.3, -0.25) is 4.90 Å². The number of hydrogen-bond acceptors (Lipinski definition) is 4. The Morgan fingerprint density at radius 3 is 2.86 bits per heavy atom. The summed E-state index contributed by atoms with van der Waals surface area (Å²) in [6, 6.07) is 6.76. The SMILES string of the molecule is COc1cc(CN2CCCC2CN(C)C)ccc1C(N)=S. The number of nitrogens with two attached hydrogens (primary N) is 1. The highest BCUT2D eigenvalue weighted by Gasteiger charge is 2.25. The number of likely N-dealkylation sites (N-methyl/N-ethyl adjacent to an activating group) is 1. The van der Waals surface area contributed by atoms with Crippen molar-refractivity contribution in [1.29, 1.82) is 0 Å². The van der Waals surface area contributed by atoms with Crippen LogP contribution in [0.2, 0.25) is 0 Å². The molecule has 1 saturated heterocycles. The van der Waals surface area contributed by atoms with Crippen molar-refractivity contribution in [2.75, 3.05) is 34.3 Å². The van der Waals surface area contributed by atoms with Crippen LogP contribution in [0.5, 0.6) is 5.75 Å². The normalized spacial score (nSPS) is 19.1. The van der Waals surface area contributed by atoms with Crippen molar-refractivity contribution >= 4 is 17.2 Å². The summed E-state index contributed by atoms with van der Waals surface area (Å²) in [5.41, 5.74) is 7.77. The minimum atomic E-state index is 0.380. The average molecular weight is 307 g/mol. The topological polar surface area (TPSA) is 41.7 Å². The summed E-state index contributed by atoms with van der Waals surface area (Å²) >= 11 is 5.05. The molecule has 1 unspecified atom stereocenters. The Bertz CT molecular complexity index is 504. The van der Waals surface area contributed by atoms with Gasteiger partial charge in [-0.05, 0) is 51.2 Å². The molecule has 1 aliphatic heterocycles. The Morgan fingerprint density at radius 2 is 2.24 bits per heavy atom. The fraction of sp³-hybridized carbons (Fsp3) is 0.562. The van der Waals surface area contributed by atoms with Crippen LogP contribution in [0.4, 0.5) is 0 Å². The number of hydrogen-bond donors (Lipinski definition) is 1. The van der Waals surface area contributed by atoms with Gasteiger partial charge in [0.05, 0.1) is 12.7 Å². The molecule has 0 radical (unpaired) electrons. The molecule has 1 aromatic rings. The van der Waals surface area contributed by atoms with Crippen LogP contribution in [0.3, 0.4) is 0 Å². The first-order chi connectivity index (χ1) is 10.0. The summed E-state index contributed by atoms with van der Waals surface area (Å²) in [7, 11) is 5.93. The Hall–Kier alpha value is -1.17. The van der Waals surface area contributed by atoms with Gasteiger partial charge in [0.25, 0.3) is 0 Å². The minimum Gasteiger partial charge on any atom is -0.496 e. The summed E-state index contributed by atoms with van der Waals surface area (Å²) in [5.74, 6) is 0.767. The Balaban J connectivity index is 2.10. The second-order valence-electron chi connectivity index (χ2n) is 5.93. The monoisotopic (exact) mass is 307 g/mol. The molecule has 1 aromatic carbocycles. The molecule has 0 aromatic heterocycles. The van der Waals surface area contributed by atoms with Gasteiger partial charge in [-0.25, -0.2) is 0 Å². The quantitative estimate of drug-likeness (QED) is 0.813. The van der Waals surface area contributed by atoms with Crippen molar-refractivity contribution in [3.8, 4) is 5.75 Å². The van der Waals surface area contributed by atoms with Crippen LogP contribution in [0.1, 0.15) is 24.0 Å². The lowest BCUT2D eigenvalue weighted by atomic mass is 10.1. The maximum Gasteiger partial charge on any atom is 0.129 e. The van der Waals surface area contributed by atoms with E-state index in [0.29, 0.717) is 11.0 Å². The molecular formula is C16H25N3OS. The van der Waals surface area contributed by atoms with Gasteiger partial charge in [0.2, 0.25) is 0 Å². The summed E-state index contributed by atoms with van der Waals surface area (Å²) in [6.07, 6.45) is 2.56. The number of rotatable bonds is 6. The van der Waals surface area contributed by atoms with Crippen molar-refractivity contribution in [3.05, 3.63) is 29.3 Å². The molecule has 0 amide bonds. The van der Waals surface area contributed by atoms with Crippen molar-refractivity contribution in [1.82, 2.24) is 9.80 Å². The highest BCUT2D eigenvalue weighted by atomic mass is 32.1. The molecular weight excluding hydrogens is 282 g/mol. The summed E-state index contributed by atoms with van der Waals surface area (Å²) < 4.78 is 5.41. The molecule has 0 aliphatic carbocycles. The smallest absolute Gasteiger partial charge is 0.129 e. The molecule has 21 heavy (non-hydrogen) atoms. The van der Waals surface area contributed by atoms with Gasteiger partial charge in [0.1, 0.15) is 10.7 Å². The number of ether oxygens (including phenoxy) is 1. The summed E-state index contributed by atoms with van der Waals surface area (Å²) in [5, 5.41) is 0. The van der Waals surface area contributed by atoms with Crippen molar-refractivity contribution < 1.29 is 4.74 Å². The fourth-order valence-electron chi connectivity index (χ4n) is 3.00. The molecule has 0 bridgehead atoms. The average Bonchev–Trinajstić information content (AvgIpc) is 2.84. The lowest BCUT2D eigenvalue weighted by Crippen LogP contribution is -2.37. The minimum absolute atomic E-state index is 0.380. The van der Waals surface area contributed by atoms with Gasteiger partial charge in [0.15, 0.2) is 0 Å². The Morgan fingerprint density at radius 1 is 1.48 bits per heavy atom. The van der Waals surface area contributed by atoms with E-state index in [0.717, 1.165) is 30.9 Å². The van der Waals surface area contributed by atoms with E-state index < -0.39 is 0 Å². The van der Waals surface area contributed by atoms with E-state index in [1.165, 1.54) is 18.4 Å². The zero-order chi connectivity index (χ0) is 15.4. The standard InChI is InChI=1S/C16H25N3OS/c1-18(2)11-13-5-4-8-19(13)10-12-6-7-14(16(17)21)15(9-12)20-3/h6-7,9,13H,4-5,8,10-11H2,1-3H3,(H2,17,21). The van der Waals surface area contributed by atoms with Crippen molar-refractivity contribution in [2.45, 2.75) is 25.4 Å². The van der Waals surface area contributed by atoms with Crippen LogP contribution in [0.25, 0.3) is 0 Å². The number of benzene rings is 1. The lowest BCUT2D eigenvalue weighted by molar-refractivity contribution is 0.201. The second kappa shape index (κ2) is 7.20. The van der Waals surface area contributed by atoms with Gasteiger partial charge in [0, 0.05) is 19.1 Å². The number of nitrogens with zero attached hydrogens (tertiary/aromatic N) is 2. The molecule has 4 nitrogen and oxygen atoms in total. The highest BCUT2D eigenvalue weighted by molar-refractivity contribution is 7.80. The van der Waals surface area contributed by atoms with E-state index in [9.17, 15) is 0 Å². The van der Waals surface area contributed by atoms with Crippen LogP contribution in [0, 0.1) is 0 Å². The molecule has 116 valence electrons. The number of thiocarbonyl (C=S) groups is 1. The predicted octanol–water partition coefficient (Wildman–Crippen LogP) is 1.86. The van der Waals surface area contributed by atoms with Crippen LogP contribution in [-0.4, -0.2) is 55.1 Å². The Labute approximate surface area is 132 Å². The van der Waals surface area contributed by atoms with E-state index in [1.807, 2.05) is 6.07 Å². The molecule has 1 atom stereocenters. The first-order valence-electron chi connectivity index (χ1n) is 7.36. The van der Waals surface area contributed by atoms with Crippen LogP contribution >= 0.6 is 12.2 Å². The Kier molecular flexibility index (Phi) is 5.56. The number of methoxy groups -OCH3 is 1. The summed E-state index contributed by atoms with van der Waals surface area (Å²) in [4.78, 5) is 5.19. The zero-order valence-corrected chi connectivity index (χ0v) is 13.9. The first-order valence-corrected chi connectivity index (χ1v) is 7.77. The maximum atomic E-state index is 5.72. The largest absolute Gasteiger partial charge is 0.496 e. The molecule has 1 aliphatic rings. The van der Waals surface area contributed by atoms with Crippen molar-refractivity contribution in [3.63, 3.8) is 0 Å². The number of likely N-dealkylation sites (tertiary alicyclic amines) is 1. The zero-order valence-electron chi connectivity index (χ0n) is 13.1. The van der Waals surface area contributed by atoms with E-state index in [1.54, 1.807) is 7.11 Å². The fourth-order valence-corrected chi connectivity index (χ4v) is 3.17. The predicted molar refractivity (Wildman–Crippen MR) is 90.9 cm³/mol. The van der Waals surface area contributed by atoms with Gasteiger partial charge in [-0.15, -0.1) is 0 Å². The lowest BCUT2D eigenvalue weighted by Gasteiger charge is -2.27. The van der Waals surface area contributed by atoms with E-state index >= 15 is 0 Å². The van der Waals surface area contributed by atoms with E-state index in [-0.39, 0.29) is 0 Å². The second-order valence-corrected chi connectivity index (χ2v) is 6.37. The van der Waals surface area contributed by atoms with E-state index in [4.69, 9.17) is 22.7 Å². The van der Waals surface area contributed by atoms with Gasteiger partial charge >= 0.3 is 0 Å². The molecule has 5 heteroatoms. The van der Waals surface area contributed by atoms with Gasteiger partial charge in [-0.2, -0.15) is 0 Å². The van der Waals surface area contributed by atoms with E-state index in [2.05, 4.69) is 36.0 Å². The molecule has 1 fully saturated rings. The summed E-state index contributed by atoms with van der Waals surface area (Å²) in [6.45, 7) is 3.23. The van der Waals surface area contributed by atoms with Crippen LogP contribution in [0.15, 0.2) is 18.2 Å². The first kappa shape index (κ1) is 16.2. The maximum absolute atomic E-state index is 5.72. The molecule has 1 heterocycles. The molecule has 2 N–H and O–H groups in total. The highest BCUT2D eigenvalue weighted by Crippen LogP contribution is 2.24. The molecule has 0 spiro atoms. The molecule has 0 saturated carbocycles. The third kappa shape index (κ3) is 4.15. The third-order valence-corrected chi connectivity index (χ3v) is 4.21. The van der Waals surface area contributed by atoms with Crippen LogP contribution < -0.4 is 10.5 Å².